The topological polar surface area (TPSA) is 191 Å². The minimum absolute atomic E-state index is 0.00820. The Bertz CT molecular complexity index is 1110. The smallest absolute Gasteiger partial charge is 0.326 e. The molecular formula is C28H38N4O7. The van der Waals surface area contributed by atoms with E-state index >= 15 is 0 Å². The van der Waals surface area contributed by atoms with Gasteiger partial charge in [0.2, 0.25) is 17.7 Å². The zero-order chi connectivity index (χ0) is 29.1. The van der Waals surface area contributed by atoms with Gasteiger partial charge >= 0.3 is 5.97 Å². The second kappa shape index (κ2) is 14.8. The fraction of sp³-hybridized carbons (Fsp3) is 0.429. The normalized spacial score (nSPS) is 14.9. The number of aliphatic carboxylic acids is 1. The van der Waals surface area contributed by atoms with E-state index in [1.54, 1.807) is 30.3 Å². The summed E-state index contributed by atoms with van der Waals surface area (Å²) in [6.45, 7) is 5.11. The monoisotopic (exact) mass is 542 g/mol. The lowest BCUT2D eigenvalue weighted by molar-refractivity contribution is -0.143. The lowest BCUT2D eigenvalue weighted by Gasteiger charge is -2.27. The van der Waals surface area contributed by atoms with E-state index in [1.165, 1.54) is 31.2 Å². The standard InChI is InChI=1S/C28H38N4O7/c1-16(2)13-21(29)25(35)30-22(14-18-7-5-4-6-8-18)26(36)32-24(17(3)33)27(37)31-23(28(38)39)15-19-9-11-20(34)12-10-19/h4-12,16-17,21-24,33-34H,13-15,29H2,1-3H3,(H,30,35)(H,31,37)(H,32,36)(H,38,39). The van der Waals surface area contributed by atoms with Gasteiger partial charge in [0, 0.05) is 12.8 Å². The number of aliphatic hydroxyl groups is 1. The number of phenolic OH excluding ortho intramolecular Hbond substituents is 1. The molecule has 0 aliphatic rings. The number of phenols is 1. The molecule has 2 rings (SSSR count). The molecule has 0 bridgehead atoms. The number of carboxylic acids is 1. The van der Waals surface area contributed by atoms with Crippen LogP contribution >= 0.6 is 0 Å². The van der Waals surface area contributed by atoms with Gasteiger partial charge in [-0.25, -0.2) is 4.79 Å². The predicted molar refractivity (Wildman–Crippen MR) is 144 cm³/mol. The van der Waals surface area contributed by atoms with E-state index < -0.39 is 54.0 Å². The SMILES string of the molecule is CC(C)CC(N)C(=O)NC(Cc1ccccc1)C(=O)NC(C(=O)NC(Cc1ccc(O)cc1)C(=O)O)C(C)O. The van der Waals surface area contributed by atoms with Crippen molar-refractivity contribution in [1.29, 1.82) is 0 Å². The lowest BCUT2D eigenvalue weighted by atomic mass is 10.0. The lowest BCUT2D eigenvalue weighted by Crippen LogP contribution is -2.60. The highest BCUT2D eigenvalue weighted by atomic mass is 16.4. The van der Waals surface area contributed by atoms with Crippen LogP contribution in [0.15, 0.2) is 54.6 Å². The molecule has 5 atom stereocenters. The van der Waals surface area contributed by atoms with Gasteiger partial charge in [-0.05, 0) is 42.5 Å². The number of aromatic hydroxyl groups is 1. The van der Waals surface area contributed by atoms with Crippen molar-refractivity contribution >= 4 is 23.7 Å². The molecule has 0 spiro atoms. The number of amides is 3. The van der Waals surface area contributed by atoms with Crippen LogP contribution in [0.3, 0.4) is 0 Å². The molecule has 0 aliphatic heterocycles. The highest BCUT2D eigenvalue weighted by molar-refractivity contribution is 5.94. The summed E-state index contributed by atoms with van der Waals surface area (Å²) >= 11 is 0. The Morgan fingerprint density at radius 2 is 1.31 bits per heavy atom. The molecule has 0 heterocycles. The molecule has 0 aliphatic carbocycles. The van der Waals surface area contributed by atoms with E-state index in [0.717, 1.165) is 5.56 Å². The Morgan fingerprint density at radius 1 is 0.769 bits per heavy atom. The molecule has 5 unspecified atom stereocenters. The Balaban J connectivity index is 2.19. The zero-order valence-electron chi connectivity index (χ0n) is 22.3. The molecule has 0 aromatic heterocycles. The predicted octanol–water partition coefficient (Wildman–Crippen LogP) is 0.471. The first-order valence-corrected chi connectivity index (χ1v) is 12.8. The van der Waals surface area contributed by atoms with Crippen molar-refractivity contribution in [3.63, 3.8) is 0 Å². The fourth-order valence-electron chi connectivity index (χ4n) is 3.94. The number of nitrogens with two attached hydrogens (primary N) is 1. The third-order valence-electron chi connectivity index (χ3n) is 6.03. The molecule has 0 saturated carbocycles. The van der Waals surface area contributed by atoms with Crippen LogP contribution in [-0.2, 0) is 32.0 Å². The Kier molecular flexibility index (Phi) is 11.9. The van der Waals surface area contributed by atoms with Gasteiger partial charge < -0.3 is 37.0 Å². The van der Waals surface area contributed by atoms with Crippen molar-refractivity contribution in [3.8, 4) is 5.75 Å². The van der Waals surface area contributed by atoms with Crippen molar-refractivity contribution in [1.82, 2.24) is 16.0 Å². The number of carbonyl (C=O) groups excluding carboxylic acids is 3. The highest BCUT2D eigenvalue weighted by Crippen LogP contribution is 2.12. The van der Waals surface area contributed by atoms with Gasteiger partial charge in [0.1, 0.15) is 23.9 Å². The van der Waals surface area contributed by atoms with Crippen molar-refractivity contribution in [3.05, 3.63) is 65.7 Å². The number of carbonyl (C=O) groups is 4. The first kappa shape index (κ1) is 31.3. The first-order valence-electron chi connectivity index (χ1n) is 12.8. The average molecular weight is 543 g/mol. The van der Waals surface area contributed by atoms with Crippen molar-refractivity contribution in [2.24, 2.45) is 11.7 Å². The molecule has 11 nitrogen and oxygen atoms in total. The van der Waals surface area contributed by atoms with E-state index in [-0.39, 0.29) is 24.5 Å². The van der Waals surface area contributed by atoms with Crippen LogP contribution in [0.25, 0.3) is 0 Å². The molecule has 0 fully saturated rings. The summed E-state index contributed by atoms with van der Waals surface area (Å²) in [4.78, 5) is 50.9. The molecule has 3 amide bonds. The van der Waals surface area contributed by atoms with Crippen LogP contribution in [0.5, 0.6) is 5.75 Å². The van der Waals surface area contributed by atoms with Crippen LogP contribution in [0.1, 0.15) is 38.3 Å². The second-order valence-corrected chi connectivity index (χ2v) is 9.98. The van der Waals surface area contributed by atoms with Crippen molar-refractivity contribution in [2.75, 3.05) is 0 Å². The molecule has 2 aromatic carbocycles. The summed E-state index contributed by atoms with van der Waals surface area (Å²) in [7, 11) is 0. The maximum atomic E-state index is 13.3. The quantitative estimate of drug-likeness (QED) is 0.179. The zero-order valence-corrected chi connectivity index (χ0v) is 22.3. The number of nitrogens with one attached hydrogen (secondary N) is 3. The number of rotatable bonds is 14. The van der Waals surface area contributed by atoms with Gasteiger partial charge in [-0.15, -0.1) is 0 Å². The number of carboxylic acid groups (broad SMARTS) is 1. The molecule has 0 saturated heterocycles. The summed E-state index contributed by atoms with van der Waals surface area (Å²) in [5.74, 6) is -3.34. The van der Waals surface area contributed by atoms with Crippen LogP contribution in [0.2, 0.25) is 0 Å². The molecule has 39 heavy (non-hydrogen) atoms. The Labute approximate surface area is 227 Å². The average Bonchev–Trinajstić information content (AvgIpc) is 2.87. The minimum atomic E-state index is -1.50. The number of hydrogen-bond acceptors (Lipinski definition) is 7. The minimum Gasteiger partial charge on any atom is -0.508 e. The van der Waals surface area contributed by atoms with Gasteiger partial charge in [-0.1, -0.05) is 56.3 Å². The largest absolute Gasteiger partial charge is 0.508 e. The first-order chi connectivity index (χ1) is 18.4. The van der Waals surface area contributed by atoms with Gasteiger partial charge in [-0.3, -0.25) is 14.4 Å². The molecule has 2 aromatic rings. The van der Waals surface area contributed by atoms with Crippen molar-refractivity contribution in [2.45, 2.75) is 70.3 Å². The molecular weight excluding hydrogens is 504 g/mol. The Morgan fingerprint density at radius 3 is 1.85 bits per heavy atom. The van der Waals surface area contributed by atoms with Crippen molar-refractivity contribution < 1.29 is 34.5 Å². The number of aliphatic hydroxyl groups excluding tert-OH is 1. The van der Waals surface area contributed by atoms with Gasteiger partial charge in [0.25, 0.3) is 0 Å². The summed E-state index contributed by atoms with van der Waals surface area (Å²) in [5.41, 5.74) is 7.28. The van der Waals surface area contributed by atoms with E-state index in [1.807, 2.05) is 13.8 Å². The maximum absolute atomic E-state index is 13.3. The van der Waals surface area contributed by atoms with Crippen LogP contribution in [0, 0.1) is 5.92 Å². The highest BCUT2D eigenvalue weighted by Gasteiger charge is 2.33. The number of hydrogen-bond donors (Lipinski definition) is 7. The Hall–Kier alpha value is -3.96. The molecule has 0 radical (unpaired) electrons. The van der Waals surface area contributed by atoms with E-state index in [9.17, 15) is 34.5 Å². The van der Waals surface area contributed by atoms with Crippen LogP contribution in [0.4, 0.5) is 0 Å². The summed E-state index contributed by atoms with van der Waals surface area (Å²) in [6, 6.07) is 9.92. The fourth-order valence-corrected chi connectivity index (χ4v) is 3.94. The van der Waals surface area contributed by atoms with E-state index in [4.69, 9.17) is 5.73 Å². The van der Waals surface area contributed by atoms with E-state index in [2.05, 4.69) is 16.0 Å². The van der Waals surface area contributed by atoms with Crippen LogP contribution in [-0.4, -0.2) is 69.3 Å². The van der Waals surface area contributed by atoms with Crippen LogP contribution < -0.4 is 21.7 Å². The molecule has 212 valence electrons. The number of benzene rings is 2. The van der Waals surface area contributed by atoms with E-state index in [0.29, 0.717) is 12.0 Å². The van der Waals surface area contributed by atoms with Gasteiger partial charge in [0.15, 0.2) is 0 Å². The summed E-state index contributed by atoms with van der Waals surface area (Å²) in [6.07, 6.45) is -0.975. The third kappa shape index (κ3) is 10.4. The van der Waals surface area contributed by atoms with Gasteiger partial charge in [-0.2, -0.15) is 0 Å². The summed E-state index contributed by atoms with van der Waals surface area (Å²) < 4.78 is 0. The van der Waals surface area contributed by atoms with Gasteiger partial charge in [0.05, 0.1) is 12.1 Å². The second-order valence-electron chi connectivity index (χ2n) is 9.98. The maximum Gasteiger partial charge on any atom is 0.326 e. The third-order valence-corrected chi connectivity index (χ3v) is 6.03. The molecule has 8 N–H and O–H groups in total. The molecule has 11 heteroatoms. The summed E-state index contributed by atoms with van der Waals surface area (Å²) in [5, 5.41) is 36.8.